The predicted molar refractivity (Wildman–Crippen MR) is 94.2 cm³/mol. The molecule has 6 nitrogen and oxygen atoms in total. The molecule has 1 aromatic carbocycles. The van der Waals surface area contributed by atoms with Crippen molar-refractivity contribution in [3.8, 4) is 0 Å². The van der Waals surface area contributed by atoms with Crippen molar-refractivity contribution >= 4 is 11.6 Å². The molecule has 2 atom stereocenters. The van der Waals surface area contributed by atoms with E-state index in [1.54, 1.807) is 19.1 Å². The van der Waals surface area contributed by atoms with Crippen LogP contribution in [0.3, 0.4) is 0 Å². The van der Waals surface area contributed by atoms with Crippen molar-refractivity contribution in [3.05, 3.63) is 35.6 Å². The lowest BCUT2D eigenvalue weighted by molar-refractivity contribution is -0.140. The van der Waals surface area contributed by atoms with Gasteiger partial charge in [-0.1, -0.05) is 17.3 Å². The second-order valence-corrected chi connectivity index (χ2v) is 7.14. The fourth-order valence-electron chi connectivity index (χ4n) is 3.53. The molecule has 2 heterocycles. The molecule has 2 aliphatic heterocycles. The summed E-state index contributed by atoms with van der Waals surface area (Å²) >= 11 is 0. The van der Waals surface area contributed by atoms with E-state index in [0.717, 1.165) is 0 Å². The number of benzene rings is 1. The molecule has 142 valence electrons. The van der Waals surface area contributed by atoms with E-state index in [4.69, 9.17) is 9.57 Å². The van der Waals surface area contributed by atoms with Crippen LogP contribution in [0.5, 0.6) is 0 Å². The van der Waals surface area contributed by atoms with Gasteiger partial charge in [-0.3, -0.25) is 4.79 Å². The lowest BCUT2D eigenvalue weighted by Crippen LogP contribution is -2.48. The first-order valence-corrected chi connectivity index (χ1v) is 9.01. The zero-order valence-corrected chi connectivity index (χ0v) is 14.9. The summed E-state index contributed by atoms with van der Waals surface area (Å²) in [5.74, 6) is -0.392. The molecule has 1 fully saturated rings. The number of halogens is 1. The van der Waals surface area contributed by atoms with Crippen LogP contribution in [0.25, 0.3) is 0 Å². The van der Waals surface area contributed by atoms with E-state index in [1.807, 2.05) is 0 Å². The Morgan fingerprint density at radius 2 is 2.23 bits per heavy atom. The maximum absolute atomic E-state index is 13.4. The van der Waals surface area contributed by atoms with Gasteiger partial charge in [0.15, 0.2) is 0 Å². The average molecular weight is 364 g/mol. The van der Waals surface area contributed by atoms with Crippen molar-refractivity contribution < 1.29 is 23.9 Å². The fourth-order valence-corrected chi connectivity index (χ4v) is 3.53. The van der Waals surface area contributed by atoms with E-state index in [0.29, 0.717) is 50.2 Å². The van der Waals surface area contributed by atoms with Gasteiger partial charge in [0, 0.05) is 38.2 Å². The molecule has 1 aromatic rings. The molecule has 0 saturated carbocycles. The quantitative estimate of drug-likeness (QED) is 0.809. The van der Waals surface area contributed by atoms with Gasteiger partial charge in [-0.2, -0.15) is 0 Å². The molecule has 0 spiro atoms. The molecule has 0 aliphatic carbocycles. The molecule has 0 unspecified atom stereocenters. The number of aliphatic hydroxyl groups is 1. The Morgan fingerprint density at radius 3 is 2.92 bits per heavy atom. The van der Waals surface area contributed by atoms with Crippen LogP contribution in [0.15, 0.2) is 29.4 Å². The lowest BCUT2D eigenvalue weighted by atomic mass is 9.74. The summed E-state index contributed by atoms with van der Waals surface area (Å²) in [5.41, 5.74) is 0.804. The number of amides is 1. The van der Waals surface area contributed by atoms with E-state index in [2.05, 4.69) is 10.5 Å². The molecule has 1 saturated heterocycles. The first-order chi connectivity index (χ1) is 12.5. The van der Waals surface area contributed by atoms with Crippen LogP contribution in [0.2, 0.25) is 0 Å². The molecular weight excluding hydrogens is 339 g/mol. The molecule has 0 radical (unpaired) electrons. The fraction of sp³-hybridized carbons (Fsp3) is 0.579. The normalized spacial score (nSPS) is 23.0. The zero-order valence-electron chi connectivity index (χ0n) is 14.9. The van der Waals surface area contributed by atoms with Crippen LogP contribution in [0.1, 0.15) is 38.2 Å². The lowest BCUT2D eigenvalue weighted by Gasteiger charge is -2.37. The summed E-state index contributed by atoms with van der Waals surface area (Å²) in [6.45, 7) is 2.90. The van der Waals surface area contributed by atoms with Gasteiger partial charge in [-0.25, -0.2) is 4.39 Å². The van der Waals surface area contributed by atoms with E-state index in [9.17, 15) is 14.3 Å². The first kappa shape index (κ1) is 18.8. The van der Waals surface area contributed by atoms with E-state index in [-0.39, 0.29) is 24.4 Å². The average Bonchev–Trinajstić information content (AvgIpc) is 3.08. The summed E-state index contributed by atoms with van der Waals surface area (Å²) < 4.78 is 18.9. The second kappa shape index (κ2) is 8.14. The van der Waals surface area contributed by atoms with Crippen LogP contribution < -0.4 is 5.32 Å². The highest BCUT2D eigenvalue weighted by Gasteiger charge is 2.43. The highest BCUT2D eigenvalue weighted by molar-refractivity contribution is 6.01. The Bertz CT molecular complexity index is 671. The van der Waals surface area contributed by atoms with Gasteiger partial charge in [0.1, 0.15) is 11.9 Å². The zero-order chi connectivity index (χ0) is 18.6. The van der Waals surface area contributed by atoms with Crippen molar-refractivity contribution in [2.24, 2.45) is 10.6 Å². The summed E-state index contributed by atoms with van der Waals surface area (Å²) in [6.07, 6.45) is 1.44. The van der Waals surface area contributed by atoms with Crippen molar-refractivity contribution in [3.63, 3.8) is 0 Å². The van der Waals surface area contributed by atoms with Crippen molar-refractivity contribution in [1.82, 2.24) is 5.32 Å². The predicted octanol–water partition coefficient (Wildman–Crippen LogP) is 2.00. The van der Waals surface area contributed by atoms with Crippen LogP contribution >= 0.6 is 0 Å². The van der Waals surface area contributed by atoms with E-state index in [1.165, 1.54) is 12.1 Å². The summed E-state index contributed by atoms with van der Waals surface area (Å²) in [4.78, 5) is 18.3. The standard InChI is InChI=1S/C19H25FN2O4/c1-13(23)12-21-18(24)19(5-7-25-8-6-19)11-16-10-17(22-26-16)14-3-2-4-15(20)9-14/h2-4,9,13,16,23H,5-8,10-12H2,1H3,(H,21,24)/t13-,16-/m1/s1. The van der Waals surface area contributed by atoms with E-state index < -0.39 is 11.5 Å². The van der Waals surface area contributed by atoms with Crippen molar-refractivity contribution in [2.45, 2.75) is 44.8 Å². The molecule has 0 aromatic heterocycles. The first-order valence-electron chi connectivity index (χ1n) is 9.01. The Hall–Kier alpha value is -1.99. The highest BCUT2D eigenvalue weighted by atomic mass is 19.1. The highest BCUT2D eigenvalue weighted by Crippen LogP contribution is 2.38. The molecule has 2 N–H and O–H groups in total. The van der Waals surface area contributed by atoms with Crippen LogP contribution in [0.4, 0.5) is 4.39 Å². The van der Waals surface area contributed by atoms with E-state index >= 15 is 0 Å². The number of nitrogens with zero attached hydrogens (tertiary/aromatic N) is 1. The molecule has 3 rings (SSSR count). The molecule has 7 heteroatoms. The Balaban J connectivity index is 1.66. The minimum absolute atomic E-state index is 0.0792. The maximum atomic E-state index is 13.4. The number of nitrogens with one attached hydrogen (secondary N) is 1. The second-order valence-electron chi connectivity index (χ2n) is 7.14. The third kappa shape index (κ3) is 4.40. The monoisotopic (exact) mass is 364 g/mol. The third-order valence-corrected chi connectivity index (χ3v) is 5.00. The number of rotatable bonds is 6. The number of aliphatic hydroxyl groups excluding tert-OH is 1. The SMILES string of the molecule is C[C@@H](O)CNC(=O)C1(C[C@H]2CC(c3cccc(F)c3)=NO2)CCOCC1. The summed E-state index contributed by atoms with van der Waals surface area (Å²) in [6, 6.07) is 6.27. The Morgan fingerprint density at radius 1 is 1.46 bits per heavy atom. The maximum Gasteiger partial charge on any atom is 0.226 e. The van der Waals surface area contributed by atoms with Gasteiger partial charge in [0.25, 0.3) is 0 Å². The number of hydrogen-bond donors (Lipinski definition) is 2. The number of carbonyl (C=O) groups excluding carboxylic acids is 1. The van der Waals surface area contributed by atoms with Crippen molar-refractivity contribution in [2.75, 3.05) is 19.8 Å². The number of carbonyl (C=O) groups is 1. The van der Waals surface area contributed by atoms with Crippen LogP contribution in [-0.4, -0.2) is 48.7 Å². The van der Waals surface area contributed by atoms with Gasteiger partial charge >= 0.3 is 0 Å². The Labute approximate surface area is 152 Å². The largest absolute Gasteiger partial charge is 0.392 e. The van der Waals surface area contributed by atoms with Gasteiger partial charge < -0.3 is 20.0 Å². The number of oxime groups is 1. The molecular formula is C19H25FN2O4. The van der Waals surface area contributed by atoms with Crippen LogP contribution in [0, 0.1) is 11.2 Å². The molecule has 26 heavy (non-hydrogen) atoms. The smallest absolute Gasteiger partial charge is 0.226 e. The van der Waals surface area contributed by atoms with Gasteiger partial charge in [0.05, 0.1) is 17.2 Å². The van der Waals surface area contributed by atoms with Gasteiger partial charge in [-0.15, -0.1) is 0 Å². The minimum atomic E-state index is -0.596. The molecule has 2 aliphatic rings. The Kier molecular flexibility index (Phi) is 5.88. The number of hydrogen-bond acceptors (Lipinski definition) is 5. The third-order valence-electron chi connectivity index (χ3n) is 5.00. The van der Waals surface area contributed by atoms with Gasteiger partial charge in [-0.05, 0) is 31.9 Å². The minimum Gasteiger partial charge on any atom is -0.392 e. The molecule has 1 amide bonds. The topological polar surface area (TPSA) is 80.2 Å². The van der Waals surface area contributed by atoms with Crippen molar-refractivity contribution in [1.29, 1.82) is 0 Å². The number of ether oxygens (including phenoxy) is 1. The molecule has 0 bridgehead atoms. The summed E-state index contributed by atoms with van der Waals surface area (Å²) in [7, 11) is 0. The summed E-state index contributed by atoms with van der Waals surface area (Å²) in [5, 5.41) is 16.4. The van der Waals surface area contributed by atoms with Crippen LogP contribution in [-0.2, 0) is 14.4 Å². The van der Waals surface area contributed by atoms with Gasteiger partial charge in [0.2, 0.25) is 5.91 Å².